The molecular weight excluding hydrogens is 358 g/mol. The highest BCUT2D eigenvalue weighted by Crippen LogP contribution is 2.47. The Labute approximate surface area is 171 Å². The number of hydrazine groups is 1. The van der Waals surface area contributed by atoms with Gasteiger partial charge < -0.3 is 15.1 Å². The zero-order valence-corrected chi connectivity index (χ0v) is 16.7. The standard InChI is InChI=1S/C25H25N3O/c1-27-15-13-25(14-16-27)28-23(21-10-4-5-12-24(21)29-25)17-22(26-28)20-11-6-8-18-7-2-3-9-19(18)20/h2-12,17,23,26H,13-16H2,1H3/p+1/t23-/m0/s1. The van der Waals surface area contributed by atoms with E-state index >= 15 is 0 Å². The zero-order valence-electron chi connectivity index (χ0n) is 16.7. The van der Waals surface area contributed by atoms with E-state index in [1.54, 1.807) is 4.90 Å². The lowest BCUT2D eigenvalue weighted by Gasteiger charge is -2.50. The van der Waals surface area contributed by atoms with E-state index in [1.807, 2.05) is 0 Å². The van der Waals surface area contributed by atoms with Gasteiger partial charge in [0.05, 0.1) is 44.7 Å². The highest BCUT2D eigenvalue weighted by molar-refractivity contribution is 5.93. The maximum absolute atomic E-state index is 6.71. The first kappa shape index (κ1) is 17.1. The van der Waals surface area contributed by atoms with E-state index < -0.39 is 0 Å². The van der Waals surface area contributed by atoms with Crippen molar-refractivity contribution < 1.29 is 9.64 Å². The Morgan fingerprint density at radius 2 is 1.72 bits per heavy atom. The Hall–Kier alpha value is -2.82. The van der Waals surface area contributed by atoms with Crippen molar-refractivity contribution in [2.45, 2.75) is 24.6 Å². The fourth-order valence-corrected chi connectivity index (χ4v) is 5.15. The number of hydrogen-bond acceptors (Lipinski definition) is 3. The number of nitrogens with one attached hydrogen (secondary N) is 2. The number of nitrogens with zero attached hydrogens (tertiary/aromatic N) is 1. The largest absolute Gasteiger partial charge is 0.470 e. The van der Waals surface area contributed by atoms with Gasteiger partial charge in [0.25, 0.3) is 0 Å². The molecule has 0 unspecified atom stereocenters. The lowest BCUT2D eigenvalue weighted by atomic mass is 9.93. The van der Waals surface area contributed by atoms with Crippen LogP contribution in [0.15, 0.2) is 72.8 Å². The second kappa shape index (κ2) is 6.34. The van der Waals surface area contributed by atoms with Gasteiger partial charge in [-0.25, -0.2) is 0 Å². The molecule has 0 aliphatic carbocycles. The minimum atomic E-state index is -0.290. The predicted octanol–water partition coefficient (Wildman–Crippen LogP) is 3.14. The zero-order chi connectivity index (χ0) is 19.4. The number of benzene rings is 3. The molecule has 3 aromatic rings. The average molecular weight is 385 g/mol. The van der Waals surface area contributed by atoms with Gasteiger partial charge in [-0.15, -0.1) is 0 Å². The van der Waals surface area contributed by atoms with E-state index in [0.29, 0.717) is 0 Å². The van der Waals surface area contributed by atoms with Crippen LogP contribution in [0.4, 0.5) is 0 Å². The molecule has 146 valence electrons. The average Bonchev–Trinajstić information content (AvgIpc) is 3.22. The number of quaternary nitrogens is 1. The lowest BCUT2D eigenvalue weighted by Crippen LogP contribution is -3.11. The van der Waals surface area contributed by atoms with Crippen molar-refractivity contribution >= 4 is 16.5 Å². The van der Waals surface area contributed by atoms with Crippen molar-refractivity contribution in [1.82, 2.24) is 10.4 Å². The molecule has 6 rings (SSSR count). The first-order chi connectivity index (χ1) is 14.2. The fraction of sp³-hybridized carbons (Fsp3) is 0.280. The summed E-state index contributed by atoms with van der Waals surface area (Å²) in [6.45, 7) is 2.24. The molecule has 3 aromatic carbocycles. The summed E-state index contributed by atoms with van der Waals surface area (Å²) in [5, 5.41) is 4.94. The molecule has 3 aliphatic heterocycles. The molecule has 0 bridgehead atoms. The summed E-state index contributed by atoms with van der Waals surface area (Å²) in [5.41, 5.74) is 7.16. The predicted molar refractivity (Wildman–Crippen MR) is 115 cm³/mol. The van der Waals surface area contributed by atoms with E-state index in [9.17, 15) is 0 Å². The molecule has 4 nitrogen and oxygen atoms in total. The van der Waals surface area contributed by atoms with E-state index in [-0.39, 0.29) is 11.8 Å². The van der Waals surface area contributed by atoms with Crippen LogP contribution in [0.3, 0.4) is 0 Å². The molecule has 0 aromatic heterocycles. The monoisotopic (exact) mass is 384 g/mol. The summed E-state index contributed by atoms with van der Waals surface area (Å²) < 4.78 is 6.71. The van der Waals surface area contributed by atoms with Crippen LogP contribution in [0.2, 0.25) is 0 Å². The van der Waals surface area contributed by atoms with Crippen LogP contribution in [0.5, 0.6) is 5.75 Å². The summed E-state index contributed by atoms with van der Waals surface area (Å²) in [7, 11) is 2.28. The molecule has 3 heterocycles. The van der Waals surface area contributed by atoms with Gasteiger partial charge >= 0.3 is 0 Å². The molecule has 1 atom stereocenters. The van der Waals surface area contributed by atoms with E-state index in [4.69, 9.17) is 4.74 Å². The Morgan fingerprint density at radius 3 is 2.62 bits per heavy atom. The molecule has 3 aliphatic rings. The Morgan fingerprint density at radius 1 is 0.966 bits per heavy atom. The lowest BCUT2D eigenvalue weighted by molar-refractivity contribution is -0.888. The molecule has 4 heteroatoms. The van der Waals surface area contributed by atoms with Crippen molar-refractivity contribution in [3.05, 3.63) is 83.9 Å². The Bertz CT molecular complexity index is 1110. The number of piperidine rings is 1. The van der Waals surface area contributed by atoms with Gasteiger partial charge in [0.15, 0.2) is 5.72 Å². The summed E-state index contributed by atoms with van der Waals surface area (Å²) in [5.74, 6) is 1.03. The van der Waals surface area contributed by atoms with Crippen molar-refractivity contribution in [3.8, 4) is 5.75 Å². The van der Waals surface area contributed by atoms with Crippen molar-refractivity contribution in [2.24, 2.45) is 0 Å². The summed E-state index contributed by atoms with van der Waals surface area (Å²) in [6, 6.07) is 23.9. The van der Waals surface area contributed by atoms with Crippen molar-refractivity contribution in [2.75, 3.05) is 20.1 Å². The van der Waals surface area contributed by atoms with Crippen LogP contribution in [0.1, 0.15) is 30.0 Å². The summed E-state index contributed by atoms with van der Waals surface area (Å²) >= 11 is 0. The number of fused-ring (bicyclic) bond motifs is 5. The third kappa shape index (κ3) is 2.60. The minimum Gasteiger partial charge on any atom is -0.470 e. The van der Waals surface area contributed by atoms with E-state index in [2.05, 4.69) is 90.3 Å². The highest BCUT2D eigenvalue weighted by atomic mass is 16.5. The number of hydrogen-bond donors (Lipinski definition) is 2. The normalized spacial score (nSPS) is 28.4. The maximum atomic E-state index is 6.71. The SMILES string of the molecule is C[NH+]1CCC2(CC1)Oc1ccccc1[C@@H]1C=C(c3cccc4ccccc34)NN12. The first-order valence-electron chi connectivity index (χ1n) is 10.6. The van der Waals surface area contributed by atoms with Crippen LogP contribution in [0.25, 0.3) is 16.5 Å². The summed E-state index contributed by atoms with van der Waals surface area (Å²) in [4.78, 5) is 1.58. The molecular formula is C25H26N3O+. The maximum Gasteiger partial charge on any atom is 0.191 e. The third-order valence-corrected chi connectivity index (χ3v) is 6.78. The second-order valence-corrected chi connectivity index (χ2v) is 8.58. The van der Waals surface area contributed by atoms with Gasteiger partial charge in [-0.05, 0) is 22.9 Å². The third-order valence-electron chi connectivity index (χ3n) is 6.78. The Balaban J connectivity index is 1.47. The molecule has 1 saturated heterocycles. The molecule has 0 saturated carbocycles. The van der Waals surface area contributed by atoms with Crippen LogP contribution < -0.4 is 15.1 Å². The van der Waals surface area contributed by atoms with Gasteiger partial charge in [-0.3, -0.25) is 0 Å². The van der Waals surface area contributed by atoms with E-state index in [0.717, 1.165) is 31.7 Å². The van der Waals surface area contributed by atoms with E-state index in [1.165, 1.54) is 27.6 Å². The number of likely N-dealkylation sites (tertiary alicyclic amines) is 1. The smallest absolute Gasteiger partial charge is 0.191 e. The number of rotatable bonds is 1. The van der Waals surface area contributed by atoms with Gasteiger partial charge in [-0.1, -0.05) is 60.7 Å². The highest BCUT2D eigenvalue weighted by Gasteiger charge is 2.52. The summed E-state index contributed by atoms with van der Waals surface area (Å²) in [6.07, 6.45) is 4.43. The molecule has 1 fully saturated rings. The van der Waals surface area contributed by atoms with Crippen molar-refractivity contribution in [1.29, 1.82) is 0 Å². The first-order valence-corrected chi connectivity index (χ1v) is 10.6. The van der Waals surface area contributed by atoms with Crippen LogP contribution in [-0.2, 0) is 0 Å². The minimum absolute atomic E-state index is 0.187. The quantitative estimate of drug-likeness (QED) is 0.675. The fourth-order valence-electron chi connectivity index (χ4n) is 5.15. The van der Waals surface area contributed by atoms with Gasteiger partial charge in [0.1, 0.15) is 5.75 Å². The van der Waals surface area contributed by atoms with Gasteiger partial charge in [0.2, 0.25) is 0 Å². The van der Waals surface area contributed by atoms with Gasteiger partial charge in [0, 0.05) is 11.1 Å². The molecule has 29 heavy (non-hydrogen) atoms. The molecule has 2 N–H and O–H groups in total. The number of ether oxygens (including phenoxy) is 1. The van der Waals surface area contributed by atoms with Crippen LogP contribution in [0, 0.1) is 0 Å². The van der Waals surface area contributed by atoms with Crippen molar-refractivity contribution in [3.63, 3.8) is 0 Å². The second-order valence-electron chi connectivity index (χ2n) is 8.58. The number of para-hydroxylation sites is 1. The van der Waals surface area contributed by atoms with Gasteiger partial charge in [-0.2, -0.15) is 5.01 Å². The van der Waals surface area contributed by atoms with Crippen LogP contribution in [-0.4, -0.2) is 30.9 Å². The molecule has 0 amide bonds. The molecule has 0 radical (unpaired) electrons. The topological polar surface area (TPSA) is 28.9 Å². The molecule has 1 spiro atoms. The van der Waals surface area contributed by atoms with Crippen LogP contribution >= 0.6 is 0 Å². The Kier molecular flexibility index (Phi) is 3.73.